The van der Waals surface area contributed by atoms with Crippen molar-refractivity contribution in [2.45, 2.75) is 46.1 Å². The Morgan fingerprint density at radius 2 is 2.05 bits per heavy atom. The topological polar surface area (TPSA) is 15.3 Å². The van der Waals surface area contributed by atoms with Crippen molar-refractivity contribution in [3.05, 3.63) is 34.9 Å². The highest BCUT2D eigenvalue weighted by atomic mass is 15.1. The van der Waals surface area contributed by atoms with Gasteiger partial charge in [0.25, 0.3) is 0 Å². The van der Waals surface area contributed by atoms with Gasteiger partial charge in [-0.1, -0.05) is 23.8 Å². The van der Waals surface area contributed by atoms with Crippen molar-refractivity contribution in [2.24, 2.45) is 5.41 Å². The van der Waals surface area contributed by atoms with Gasteiger partial charge in [-0.2, -0.15) is 0 Å². The predicted octanol–water partition coefficient (Wildman–Crippen LogP) is 3.27. The van der Waals surface area contributed by atoms with Crippen LogP contribution in [-0.2, 0) is 6.54 Å². The van der Waals surface area contributed by atoms with Gasteiger partial charge < -0.3 is 5.32 Å². The number of piperidine rings is 2. The molecule has 1 spiro atoms. The molecule has 1 unspecified atom stereocenters. The smallest absolute Gasteiger partial charge is 0.0236 e. The molecule has 2 saturated heterocycles. The molecule has 1 aromatic rings. The first kappa shape index (κ1) is 14.1. The summed E-state index contributed by atoms with van der Waals surface area (Å²) in [6, 6.07) is 6.90. The van der Waals surface area contributed by atoms with Crippen molar-refractivity contribution in [1.29, 1.82) is 0 Å². The lowest BCUT2D eigenvalue weighted by molar-refractivity contribution is 0.0599. The molecule has 2 heteroatoms. The van der Waals surface area contributed by atoms with E-state index in [1.54, 1.807) is 0 Å². The van der Waals surface area contributed by atoms with Crippen molar-refractivity contribution in [1.82, 2.24) is 10.2 Å². The van der Waals surface area contributed by atoms with E-state index in [4.69, 9.17) is 0 Å². The second kappa shape index (κ2) is 5.87. The molecule has 2 nitrogen and oxygen atoms in total. The van der Waals surface area contributed by atoms with E-state index in [0.717, 1.165) is 6.54 Å². The number of hydrogen-bond acceptors (Lipinski definition) is 2. The molecule has 1 aromatic carbocycles. The second-order valence-electron chi connectivity index (χ2n) is 7.02. The second-order valence-corrected chi connectivity index (χ2v) is 7.02. The van der Waals surface area contributed by atoms with Crippen LogP contribution in [0, 0.1) is 19.3 Å². The minimum absolute atomic E-state index is 0.565. The van der Waals surface area contributed by atoms with Crippen molar-refractivity contribution in [3.63, 3.8) is 0 Å². The quantitative estimate of drug-likeness (QED) is 0.889. The Hall–Kier alpha value is -0.860. The Morgan fingerprint density at radius 1 is 1.20 bits per heavy atom. The van der Waals surface area contributed by atoms with Gasteiger partial charge in [0.2, 0.25) is 0 Å². The Labute approximate surface area is 123 Å². The molecule has 2 aliphatic rings. The molecular weight excluding hydrogens is 244 g/mol. The molecule has 1 atom stereocenters. The van der Waals surface area contributed by atoms with Crippen molar-refractivity contribution >= 4 is 0 Å². The monoisotopic (exact) mass is 272 g/mol. The molecule has 2 aliphatic heterocycles. The fourth-order valence-corrected chi connectivity index (χ4v) is 4.09. The SMILES string of the molecule is Cc1ccc(CN2CCCC3(CCCNC3)C2)c(C)c1. The van der Waals surface area contributed by atoms with E-state index in [-0.39, 0.29) is 0 Å². The molecule has 0 aromatic heterocycles. The zero-order chi connectivity index (χ0) is 14.0. The number of nitrogens with one attached hydrogen (secondary N) is 1. The summed E-state index contributed by atoms with van der Waals surface area (Å²) in [6.45, 7) is 10.6. The molecular formula is C18H28N2. The van der Waals surface area contributed by atoms with Crippen molar-refractivity contribution in [2.75, 3.05) is 26.2 Å². The minimum atomic E-state index is 0.565. The Kier molecular flexibility index (Phi) is 4.13. The van der Waals surface area contributed by atoms with Gasteiger partial charge in [0.1, 0.15) is 0 Å². The van der Waals surface area contributed by atoms with Gasteiger partial charge in [-0.3, -0.25) is 4.90 Å². The van der Waals surface area contributed by atoms with Gasteiger partial charge in [-0.25, -0.2) is 0 Å². The summed E-state index contributed by atoms with van der Waals surface area (Å²) in [5, 5.41) is 3.62. The molecule has 0 bridgehead atoms. The van der Waals surface area contributed by atoms with E-state index in [0.29, 0.717) is 5.41 Å². The fourth-order valence-electron chi connectivity index (χ4n) is 4.09. The van der Waals surface area contributed by atoms with Gasteiger partial charge >= 0.3 is 0 Å². The van der Waals surface area contributed by atoms with Crippen LogP contribution in [0.15, 0.2) is 18.2 Å². The zero-order valence-electron chi connectivity index (χ0n) is 13.0. The van der Waals surface area contributed by atoms with Gasteiger partial charge in [-0.15, -0.1) is 0 Å². The van der Waals surface area contributed by atoms with E-state index in [1.165, 1.54) is 68.6 Å². The molecule has 1 N–H and O–H groups in total. The van der Waals surface area contributed by atoms with E-state index in [9.17, 15) is 0 Å². The van der Waals surface area contributed by atoms with Gasteiger partial charge in [0.15, 0.2) is 0 Å². The summed E-state index contributed by atoms with van der Waals surface area (Å²) in [7, 11) is 0. The third-order valence-electron chi connectivity index (χ3n) is 5.19. The third kappa shape index (κ3) is 3.07. The lowest BCUT2D eigenvalue weighted by atomic mass is 9.74. The van der Waals surface area contributed by atoms with Gasteiger partial charge in [-0.05, 0) is 69.2 Å². The summed E-state index contributed by atoms with van der Waals surface area (Å²) in [6.07, 6.45) is 5.57. The van der Waals surface area contributed by atoms with Crippen LogP contribution < -0.4 is 5.32 Å². The van der Waals surface area contributed by atoms with Crippen LogP contribution in [0.3, 0.4) is 0 Å². The third-order valence-corrected chi connectivity index (χ3v) is 5.19. The Bertz CT molecular complexity index is 455. The first-order valence-electron chi connectivity index (χ1n) is 8.16. The predicted molar refractivity (Wildman–Crippen MR) is 85.0 cm³/mol. The molecule has 3 rings (SSSR count). The Balaban J connectivity index is 1.68. The molecule has 20 heavy (non-hydrogen) atoms. The van der Waals surface area contributed by atoms with E-state index < -0.39 is 0 Å². The van der Waals surface area contributed by atoms with Crippen LogP contribution >= 0.6 is 0 Å². The normalized spacial score (nSPS) is 27.9. The molecule has 2 fully saturated rings. The van der Waals surface area contributed by atoms with Crippen LogP contribution in [0.5, 0.6) is 0 Å². The first-order valence-corrected chi connectivity index (χ1v) is 8.16. The Morgan fingerprint density at radius 3 is 2.80 bits per heavy atom. The molecule has 2 heterocycles. The standard InChI is InChI=1S/C18H28N2/c1-15-5-6-17(16(2)11-15)12-20-10-4-8-18(14-20)7-3-9-19-13-18/h5-6,11,19H,3-4,7-10,12-14H2,1-2H3. The fraction of sp³-hybridized carbons (Fsp3) is 0.667. The van der Waals surface area contributed by atoms with E-state index in [2.05, 4.69) is 42.3 Å². The minimum Gasteiger partial charge on any atom is -0.316 e. The molecule has 0 aliphatic carbocycles. The highest BCUT2D eigenvalue weighted by Gasteiger charge is 2.36. The zero-order valence-corrected chi connectivity index (χ0v) is 13.0. The number of likely N-dealkylation sites (tertiary alicyclic amines) is 1. The summed E-state index contributed by atoms with van der Waals surface area (Å²) < 4.78 is 0. The van der Waals surface area contributed by atoms with Gasteiger partial charge in [0.05, 0.1) is 0 Å². The maximum absolute atomic E-state index is 3.62. The van der Waals surface area contributed by atoms with Crippen LogP contribution in [0.4, 0.5) is 0 Å². The van der Waals surface area contributed by atoms with Crippen molar-refractivity contribution < 1.29 is 0 Å². The van der Waals surface area contributed by atoms with Crippen LogP contribution in [0.2, 0.25) is 0 Å². The highest BCUT2D eigenvalue weighted by molar-refractivity contribution is 5.30. The van der Waals surface area contributed by atoms with E-state index in [1.807, 2.05) is 0 Å². The van der Waals surface area contributed by atoms with Crippen LogP contribution in [-0.4, -0.2) is 31.1 Å². The largest absolute Gasteiger partial charge is 0.316 e. The first-order chi connectivity index (χ1) is 9.67. The van der Waals surface area contributed by atoms with Crippen molar-refractivity contribution in [3.8, 4) is 0 Å². The molecule has 0 saturated carbocycles. The molecule has 0 radical (unpaired) electrons. The summed E-state index contributed by atoms with van der Waals surface area (Å²) in [5.74, 6) is 0. The van der Waals surface area contributed by atoms with Crippen LogP contribution in [0.25, 0.3) is 0 Å². The number of rotatable bonds is 2. The molecule has 110 valence electrons. The number of nitrogens with zero attached hydrogens (tertiary/aromatic N) is 1. The summed E-state index contributed by atoms with van der Waals surface area (Å²) in [4.78, 5) is 2.69. The molecule has 0 amide bonds. The number of hydrogen-bond donors (Lipinski definition) is 1. The average Bonchev–Trinajstić information content (AvgIpc) is 2.43. The highest BCUT2D eigenvalue weighted by Crippen LogP contribution is 2.36. The maximum Gasteiger partial charge on any atom is 0.0236 e. The van der Waals surface area contributed by atoms with Crippen LogP contribution in [0.1, 0.15) is 42.4 Å². The average molecular weight is 272 g/mol. The van der Waals surface area contributed by atoms with E-state index >= 15 is 0 Å². The summed E-state index contributed by atoms with van der Waals surface area (Å²) in [5.41, 5.74) is 4.90. The lowest BCUT2D eigenvalue weighted by Crippen LogP contribution is -2.50. The number of aryl methyl sites for hydroxylation is 2. The number of benzene rings is 1. The van der Waals surface area contributed by atoms with Gasteiger partial charge in [0, 0.05) is 19.6 Å². The maximum atomic E-state index is 3.62. The lowest BCUT2D eigenvalue weighted by Gasteiger charge is -2.45. The summed E-state index contributed by atoms with van der Waals surface area (Å²) >= 11 is 0.